The van der Waals surface area contributed by atoms with Crippen molar-refractivity contribution in [1.82, 2.24) is 0 Å². The highest BCUT2D eigenvalue weighted by atomic mass is 16.6. The number of non-ortho nitro benzene ring substituents is 1. The molecule has 0 unspecified atom stereocenters. The number of nitro benzene ring substituents is 1. The van der Waals surface area contributed by atoms with E-state index in [0.29, 0.717) is 16.9 Å². The molecule has 0 fully saturated rings. The van der Waals surface area contributed by atoms with E-state index in [1.165, 1.54) is 24.3 Å². The minimum Gasteiger partial charge on any atom is -0.350 e. The molecule has 0 atom stereocenters. The number of benzene rings is 3. The van der Waals surface area contributed by atoms with Crippen LogP contribution in [0.15, 0.2) is 84.6 Å². The number of hydrogen-bond acceptors (Lipinski definition) is 5. The lowest BCUT2D eigenvalue weighted by atomic mass is 10.0. The Bertz CT molecular complexity index is 1180. The molecule has 4 rings (SSSR count). The van der Waals surface area contributed by atoms with E-state index in [9.17, 15) is 19.7 Å². The Labute approximate surface area is 178 Å². The average molecular weight is 413 g/mol. The molecule has 3 aromatic carbocycles. The molecule has 0 saturated carbocycles. The van der Waals surface area contributed by atoms with E-state index in [4.69, 9.17) is 0 Å². The number of imide groups is 1. The van der Waals surface area contributed by atoms with Gasteiger partial charge in [-0.3, -0.25) is 19.7 Å². The highest BCUT2D eigenvalue weighted by molar-refractivity contribution is 6.46. The Hall–Kier alpha value is -4.26. The summed E-state index contributed by atoms with van der Waals surface area (Å²) in [6.45, 7) is 2.03. The van der Waals surface area contributed by atoms with Gasteiger partial charge in [-0.15, -0.1) is 0 Å². The topological polar surface area (TPSA) is 92.6 Å². The van der Waals surface area contributed by atoms with Gasteiger partial charge in [0.05, 0.1) is 16.2 Å². The first-order valence-corrected chi connectivity index (χ1v) is 9.78. The number of nitro groups is 1. The van der Waals surface area contributed by atoms with Gasteiger partial charge in [0.1, 0.15) is 5.70 Å². The molecule has 0 aliphatic carbocycles. The van der Waals surface area contributed by atoms with Crippen LogP contribution in [0, 0.1) is 10.1 Å². The van der Waals surface area contributed by atoms with Crippen molar-refractivity contribution in [3.8, 4) is 0 Å². The lowest BCUT2D eigenvalue weighted by Crippen LogP contribution is -2.32. The maximum Gasteiger partial charge on any atom is 0.282 e. The summed E-state index contributed by atoms with van der Waals surface area (Å²) in [6.07, 6.45) is 0.843. The van der Waals surface area contributed by atoms with Crippen molar-refractivity contribution in [3.05, 3.63) is 106 Å². The van der Waals surface area contributed by atoms with Crippen molar-refractivity contribution in [2.45, 2.75) is 13.3 Å². The Kier molecular flexibility index (Phi) is 5.32. The Morgan fingerprint density at radius 2 is 1.52 bits per heavy atom. The number of nitrogens with one attached hydrogen (secondary N) is 1. The normalized spacial score (nSPS) is 13.6. The molecule has 1 heterocycles. The van der Waals surface area contributed by atoms with E-state index in [-0.39, 0.29) is 17.0 Å². The highest BCUT2D eigenvalue weighted by Crippen LogP contribution is 2.34. The van der Waals surface area contributed by atoms with Crippen LogP contribution >= 0.6 is 0 Å². The SMILES string of the molecule is CCc1ccc(N2C(=O)C(Nc3ccccc3)=C(c3ccc([N+](=O)[O-])cc3)C2=O)cc1. The second kappa shape index (κ2) is 8.23. The summed E-state index contributed by atoms with van der Waals surface area (Å²) < 4.78 is 0. The van der Waals surface area contributed by atoms with Gasteiger partial charge in [0, 0.05) is 17.8 Å². The maximum absolute atomic E-state index is 13.4. The Balaban J connectivity index is 1.79. The summed E-state index contributed by atoms with van der Waals surface area (Å²) in [7, 11) is 0. The molecular weight excluding hydrogens is 394 g/mol. The summed E-state index contributed by atoms with van der Waals surface area (Å²) in [5, 5.41) is 14.1. The minimum absolute atomic E-state index is 0.0919. The monoisotopic (exact) mass is 413 g/mol. The number of anilines is 2. The van der Waals surface area contributed by atoms with Crippen molar-refractivity contribution in [1.29, 1.82) is 0 Å². The van der Waals surface area contributed by atoms with E-state index in [2.05, 4.69) is 5.32 Å². The molecule has 0 radical (unpaired) electrons. The van der Waals surface area contributed by atoms with Crippen LogP contribution in [-0.4, -0.2) is 16.7 Å². The van der Waals surface area contributed by atoms with Crippen LogP contribution in [0.25, 0.3) is 5.57 Å². The van der Waals surface area contributed by atoms with Gasteiger partial charge < -0.3 is 5.32 Å². The van der Waals surface area contributed by atoms with Crippen molar-refractivity contribution in [2.75, 3.05) is 10.2 Å². The highest BCUT2D eigenvalue weighted by Gasteiger charge is 2.40. The molecular formula is C24H19N3O4. The van der Waals surface area contributed by atoms with Crippen LogP contribution in [0.3, 0.4) is 0 Å². The minimum atomic E-state index is -0.509. The molecule has 0 spiro atoms. The number of hydrogen-bond donors (Lipinski definition) is 1. The van der Waals surface area contributed by atoms with E-state index in [1.54, 1.807) is 24.3 Å². The summed E-state index contributed by atoms with van der Waals surface area (Å²) in [5.74, 6) is -0.965. The lowest BCUT2D eigenvalue weighted by Gasteiger charge is -2.16. The maximum atomic E-state index is 13.4. The molecule has 0 saturated heterocycles. The number of nitrogens with zero attached hydrogens (tertiary/aromatic N) is 2. The molecule has 1 N–H and O–H groups in total. The van der Waals surface area contributed by atoms with Gasteiger partial charge in [-0.05, 0) is 53.9 Å². The van der Waals surface area contributed by atoms with Gasteiger partial charge in [-0.25, -0.2) is 4.90 Å². The number of carbonyl (C=O) groups excluding carboxylic acids is 2. The predicted octanol–water partition coefficient (Wildman–Crippen LogP) is 4.55. The summed E-state index contributed by atoms with van der Waals surface area (Å²) in [6, 6.07) is 21.9. The number of rotatable bonds is 6. The molecule has 3 aromatic rings. The zero-order chi connectivity index (χ0) is 22.0. The molecule has 0 aromatic heterocycles. The van der Waals surface area contributed by atoms with Crippen LogP contribution in [0.4, 0.5) is 17.1 Å². The third-order valence-corrected chi connectivity index (χ3v) is 5.10. The first-order valence-electron chi connectivity index (χ1n) is 9.78. The van der Waals surface area contributed by atoms with Gasteiger partial charge in [0.25, 0.3) is 17.5 Å². The number of carbonyl (C=O) groups is 2. The lowest BCUT2D eigenvalue weighted by molar-refractivity contribution is -0.384. The predicted molar refractivity (Wildman–Crippen MR) is 118 cm³/mol. The summed E-state index contributed by atoms with van der Waals surface area (Å²) >= 11 is 0. The quantitative estimate of drug-likeness (QED) is 0.363. The van der Waals surface area contributed by atoms with Gasteiger partial charge in [0.15, 0.2) is 0 Å². The largest absolute Gasteiger partial charge is 0.350 e. The van der Waals surface area contributed by atoms with Gasteiger partial charge in [0.2, 0.25) is 0 Å². The van der Waals surface area contributed by atoms with Gasteiger partial charge >= 0.3 is 0 Å². The number of aryl methyl sites for hydroxylation is 1. The third-order valence-electron chi connectivity index (χ3n) is 5.10. The Morgan fingerprint density at radius 3 is 2.10 bits per heavy atom. The number of para-hydroxylation sites is 1. The standard InChI is InChI=1S/C24H19N3O4/c1-2-16-8-12-19(13-9-16)26-23(28)21(17-10-14-20(15-11-17)27(30)31)22(24(26)29)25-18-6-4-3-5-7-18/h3-15,25H,2H2,1H3. The van der Waals surface area contributed by atoms with E-state index in [1.807, 2.05) is 37.3 Å². The molecule has 1 aliphatic rings. The average Bonchev–Trinajstić information content (AvgIpc) is 3.04. The molecule has 1 aliphatic heterocycles. The van der Waals surface area contributed by atoms with Crippen molar-refractivity contribution < 1.29 is 14.5 Å². The first kappa shape index (κ1) is 20.0. The van der Waals surface area contributed by atoms with E-state index >= 15 is 0 Å². The van der Waals surface area contributed by atoms with Crippen LogP contribution in [0.2, 0.25) is 0 Å². The molecule has 2 amide bonds. The van der Waals surface area contributed by atoms with Crippen LogP contribution in [0.1, 0.15) is 18.1 Å². The van der Waals surface area contributed by atoms with Crippen molar-refractivity contribution in [2.24, 2.45) is 0 Å². The fourth-order valence-corrected chi connectivity index (χ4v) is 3.44. The summed E-state index contributed by atoms with van der Waals surface area (Å²) in [4.78, 5) is 38.3. The van der Waals surface area contributed by atoms with Crippen molar-refractivity contribution in [3.63, 3.8) is 0 Å². The van der Waals surface area contributed by atoms with Crippen LogP contribution < -0.4 is 10.2 Å². The van der Waals surface area contributed by atoms with Gasteiger partial charge in [-0.1, -0.05) is 37.3 Å². The second-order valence-electron chi connectivity index (χ2n) is 7.01. The third kappa shape index (κ3) is 3.81. The fraction of sp³-hybridized carbons (Fsp3) is 0.0833. The number of amides is 2. The van der Waals surface area contributed by atoms with Gasteiger partial charge in [-0.2, -0.15) is 0 Å². The first-order chi connectivity index (χ1) is 15.0. The van der Waals surface area contributed by atoms with E-state index in [0.717, 1.165) is 16.9 Å². The fourth-order valence-electron chi connectivity index (χ4n) is 3.44. The molecule has 7 nitrogen and oxygen atoms in total. The molecule has 7 heteroatoms. The van der Waals surface area contributed by atoms with E-state index < -0.39 is 16.7 Å². The van der Waals surface area contributed by atoms with Crippen LogP contribution in [-0.2, 0) is 16.0 Å². The zero-order valence-electron chi connectivity index (χ0n) is 16.7. The molecule has 0 bridgehead atoms. The van der Waals surface area contributed by atoms with Crippen molar-refractivity contribution >= 4 is 34.4 Å². The molecule has 31 heavy (non-hydrogen) atoms. The zero-order valence-corrected chi connectivity index (χ0v) is 16.7. The molecule has 154 valence electrons. The Morgan fingerprint density at radius 1 is 0.871 bits per heavy atom. The summed E-state index contributed by atoms with van der Waals surface area (Å²) in [5.41, 5.74) is 2.85. The smallest absolute Gasteiger partial charge is 0.282 e. The second-order valence-corrected chi connectivity index (χ2v) is 7.01. The van der Waals surface area contributed by atoms with Crippen LogP contribution in [0.5, 0.6) is 0 Å².